The van der Waals surface area contributed by atoms with Crippen molar-refractivity contribution >= 4 is 11.9 Å². The van der Waals surface area contributed by atoms with Crippen LogP contribution in [-0.4, -0.2) is 45.8 Å². The quantitative estimate of drug-likeness (QED) is 0.698. The Balaban J connectivity index is 1.76. The lowest BCUT2D eigenvalue weighted by Crippen LogP contribution is -2.43. The zero-order chi connectivity index (χ0) is 21.1. The Hall–Kier alpha value is -2.83. The van der Waals surface area contributed by atoms with Gasteiger partial charge in [-0.15, -0.1) is 0 Å². The van der Waals surface area contributed by atoms with Gasteiger partial charge >= 0.3 is 5.97 Å². The largest absolute Gasteiger partial charge is 0.481 e. The number of hydrogen-bond acceptors (Lipinski definition) is 5. The van der Waals surface area contributed by atoms with Crippen molar-refractivity contribution in [3.63, 3.8) is 0 Å². The van der Waals surface area contributed by atoms with E-state index in [1.54, 1.807) is 23.4 Å². The van der Waals surface area contributed by atoms with Gasteiger partial charge in [0, 0.05) is 31.3 Å². The van der Waals surface area contributed by atoms with Gasteiger partial charge in [0.05, 0.1) is 13.2 Å². The van der Waals surface area contributed by atoms with Crippen LogP contribution in [0.1, 0.15) is 60.9 Å². The number of aryl methyl sites for hydroxylation is 1. The molecule has 0 saturated heterocycles. The summed E-state index contributed by atoms with van der Waals surface area (Å²) in [5.41, 5.74) is 3.10. The van der Waals surface area contributed by atoms with Crippen LogP contribution in [0.15, 0.2) is 24.3 Å². The van der Waals surface area contributed by atoms with Crippen molar-refractivity contribution in [3.8, 4) is 5.75 Å². The summed E-state index contributed by atoms with van der Waals surface area (Å²) >= 11 is 0. The minimum atomic E-state index is -0.626. The fourth-order valence-corrected chi connectivity index (χ4v) is 3.71. The summed E-state index contributed by atoms with van der Waals surface area (Å²) < 4.78 is 12.9. The van der Waals surface area contributed by atoms with E-state index < -0.39 is 12.1 Å². The molecular formula is C22H29N3O4. The molecule has 0 bridgehead atoms. The van der Waals surface area contributed by atoms with Gasteiger partial charge < -0.3 is 14.4 Å². The molecule has 1 aliphatic heterocycles. The smallest absolute Gasteiger partial charge is 0.359 e. The molecule has 0 radical (unpaired) electrons. The minimum absolute atomic E-state index is 0.104. The summed E-state index contributed by atoms with van der Waals surface area (Å²) in [6.07, 6.45) is 0.0124. The third-order valence-electron chi connectivity index (χ3n) is 5.22. The van der Waals surface area contributed by atoms with Crippen LogP contribution in [0.25, 0.3) is 0 Å². The summed E-state index contributed by atoms with van der Waals surface area (Å²) in [6.45, 7) is 8.90. The van der Waals surface area contributed by atoms with E-state index in [0.29, 0.717) is 31.1 Å². The molecule has 1 atom stereocenters. The SMILES string of the molecule is CCOC(=O)c1nn(C)c2c1CN(C(=O)C(C)Oc1ccccc1C(C)C)CC2. The van der Waals surface area contributed by atoms with Gasteiger partial charge in [-0.25, -0.2) is 4.79 Å². The van der Waals surface area contributed by atoms with Crippen LogP contribution < -0.4 is 4.74 Å². The molecule has 1 aromatic carbocycles. The Morgan fingerprint density at radius 1 is 1.21 bits per heavy atom. The van der Waals surface area contributed by atoms with E-state index >= 15 is 0 Å². The van der Waals surface area contributed by atoms with Gasteiger partial charge in [0.1, 0.15) is 5.75 Å². The first-order valence-corrected chi connectivity index (χ1v) is 10.1. The van der Waals surface area contributed by atoms with Crippen LogP contribution in [-0.2, 0) is 29.5 Å². The number of hydrogen-bond donors (Lipinski definition) is 0. The number of aromatic nitrogens is 2. The van der Waals surface area contributed by atoms with Gasteiger partial charge in [-0.3, -0.25) is 9.48 Å². The second kappa shape index (κ2) is 8.68. The fourth-order valence-electron chi connectivity index (χ4n) is 3.71. The second-order valence-electron chi connectivity index (χ2n) is 7.58. The number of carbonyl (C=O) groups excluding carboxylic acids is 2. The third-order valence-corrected chi connectivity index (χ3v) is 5.22. The first-order valence-electron chi connectivity index (χ1n) is 10.1. The van der Waals surface area contributed by atoms with Crippen LogP contribution in [0, 0.1) is 0 Å². The number of carbonyl (C=O) groups is 2. The number of nitrogens with zero attached hydrogens (tertiary/aromatic N) is 3. The number of rotatable bonds is 6. The summed E-state index contributed by atoms with van der Waals surface area (Å²) in [5.74, 6) is 0.477. The van der Waals surface area contributed by atoms with Crippen LogP contribution in [0.5, 0.6) is 5.75 Å². The van der Waals surface area contributed by atoms with E-state index in [1.165, 1.54) is 0 Å². The van der Waals surface area contributed by atoms with E-state index in [4.69, 9.17) is 9.47 Å². The average Bonchev–Trinajstić information content (AvgIpc) is 3.04. The Morgan fingerprint density at radius 2 is 1.93 bits per heavy atom. The van der Waals surface area contributed by atoms with E-state index in [-0.39, 0.29) is 12.5 Å². The van der Waals surface area contributed by atoms with Crippen molar-refractivity contribution in [2.75, 3.05) is 13.2 Å². The zero-order valence-electron chi connectivity index (χ0n) is 17.8. The standard InChI is InChI=1S/C22H29N3O4/c1-6-28-22(27)20-17-13-25(12-11-18(17)24(5)23-20)21(26)15(4)29-19-10-8-7-9-16(19)14(2)3/h7-10,14-15H,6,11-13H2,1-5H3. The number of amides is 1. The van der Waals surface area contributed by atoms with Crippen molar-refractivity contribution in [2.24, 2.45) is 7.05 Å². The summed E-state index contributed by atoms with van der Waals surface area (Å²) in [7, 11) is 1.81. The maximum atomic E-state index is 13.1. The van der Waals surface area contributed by atoms with E-state index in [1.807, 2.05) is 31.3 Å². The molecule has 1 aromatic heterocycles. The predicted molar refractivity (Wildman–Crippen MR) is 109 cm³/mol. The Kier molecular flexibility index (Phi) is 6.25. The molecule has 156 valence electrons. The molecule has 0 saturated carbocycles. The normalized spacial score (nSPS) is 14.5. The first kappa shape index (κ1) is 20.9. The molecule has 0 N–H and O–H groups in total. The fraction of sp³-hybridized carbons (Fsp3) is 0.500. The Labute approximate surface area is 171 Å². The molecule has 1 aliphatic rings. The molecular weight excluding hydrogens is 370 g/mol. The highest BCUT2D eigenvalue weighted by Crippen LogP contribution is 2.28. The monoisotopic (exact) mass is 399 g/mol. The number of fused-ring (bicyclic) bond motifs is 1. The maximum absolute atomic E-state index is 13.1. The van der Waals surface area contributed by atoms with Crippen molar-refractivity contribution in [2.45, 2.75) is 52.7 Å². The van der Waals surface area contributed by atoms with Gasteiger partial charge in [0.15, 0.2) is 11.8 Å². The van der Waals surface area contributed by atoms with Gasteiger partial charge in [-0.2, -0.15) is 5.10 Å². The number of para-hydroxylation sites is 1. The maximum Gasteiger partial charge on any atom is 0.359 e. The second-order valence-corrected chi connectivity index (χ2v) is 7.58. The van der Waals surface area contributed by atoms with Crippen molar-refractivity contribution in [3.05, 3.63) is 46.8 Å². The first-order chi connectivity index (χ1) is 13.8. The van der Waals surface area contributed by atoms with Gasteiger partial charge in [0.25, 0.3) is 5.91 Å². The van der Waals surface area contributed by atoms with E-state index in [0.717, 1.165) is 22.6 Å². The van der Waals surface area contributed by atoms with Gasteiger partial charge in [-0.1, -0.05) is 32.0 Å². The Bertz CT molecular complexity index is 903. The predicted octanol–water partition coefficient (Wildman–Crippen LogP) is 3.07. The highest BCUT2D eigenvalue weighted by atomic mass is 16.5. The topological polar surface area (TPSA) is 73.7 Å². The summed E-state index contributed by atoms with van der Waals surface area (Å²) in [5, 5.41) is 4.32. The highest BCUT2D eigenvalue weighted by molar-refractivity contribution is 5.90. The lowest BCUT2D eigenvalue weighted by Gasteiger charge is -2.30. The Morgan fingerprint density at radius 3 is 2.62 bits per heavy atom. The summed E-state index contributed by atoms with van der Waals surface area (Å²) in [4.78, 5) is 27.1. The number of esters is 1. The van der Waals surface area contributed by atoms with Crippen LogP contribution in [0.2, 0.25) is 0 Å². The van der Waals surface area contributed by atoms with Crippen LogP contribution in [0.3, 0.4) is 0 Å². The molecule has 3 rings (SSSR count). The van der Waals surface area contributed by atoms with Crippen molar-refractivity contribution in [1.29, 1.82) is 0 Å². The van der Waals surface area contributed by atoms with Crippen LogP contribution in [0.4, 0.5) is 0 Å². The summed E-state index contributed by atoms with van der Waals surface area (Å²) in [6, 6.07) is 7.80. The lowest BCUT2D eigenvalue weighted by molar-refractivity contribution is -0.139. The van der Waals surface area contributed by atoms with Crippen LogP contribution >= 0.6 is 0 Å². The molecule has 1 amide bonds. The highest BCUT2D eigenvalue weighted by Gasteiger charge is 2.32. The van der Waals surface area contributed by atoms with Crippen molar-refractivity contribution in [1.82, 2.24) is 14.7 Å². The third kappa shape index (κ3) is 4.28. The minimum Gasteiger partial charge on any atom is -0.481 e. The molecule has 29 heavy (non-hydrogen) atoms. The molecule has 0 spiro atoms. The number of ether oxygens (including phenoxy) is 2. The molecule has 2 heterocycles. The zero-order valence-corrected chi connectivity index (χ0v) is 17.8. The average molecular weight is 399 g/mol. The molecule has 0 fully saturated rings. The molecule has 2 aromatic rings. The van der Waals surface area contributed by atoms with E-state index in [9.17, 15) is 9.59 Å². The van der Waals surface area contributed by atoms with Crippen molar-refractivity contribution < 1.29 is 19.1 Å². The van der Waals surface area contributed by atoms with E-state index in [2.05, 4.69) is 18.9 Å². The molecule has 7 heteroatoms. The molecule has 7 nitrogen and oxygen atoms in total. The molecule has 0 aliphatic carbocycles. The van der Waals surface area contributed by atoms with Gasteiger partial charge in [-0.05, 0) is 31.4 Å². The van der Waals surface area contributed by atoms with Gasteiger partial charge in [0.2, 0.25) is 0 Å². The number of benzene rings is 1. The molecule has 1 unspecified atom stereocenters. The lowest BCUT2D eigenvalue weighted by atomic mass is 10.0.